The molecule has 1 nitrogen and oxygen atoms in total. The van der Waals surface area contributed by atoms with Gasteiger partial charge in [-0.3, -0.25) is 4.98 Å². The fourth-order valence-corrected chi connectivity index (χ4v) is 0.922. The molecule has 0 fully saturated rings. The molecule has 1 aromatic heterocycles. The van der Waals surface area contributed by atoms with Crippen LogP contribution in [0.2, 0.25) is 0 Å². The van der Waals surface area contributed by atoms with Crippen molar-refractivity contribution in [3.63, 3.8) is 0 Å². The molecular weight excluding hydrogens is 146 g/mol. The molecule has 0 saturated heterocycles. The minimum absolute atomic E-state index is 1.04. The molecule has 12 heavy (non-hydrogen) atoms. The predicted octanol–water partition coefficient (Wildman–Crippen LogP) is 3.06. The molecule has 0 bridgehead atoms. The monoisotopic (exact) mass is 159 g/mol. The molecule has 0 radical (unpaired) electrons. The lowest BCUT2D eigenvalue weighted by Gasteiger charge is -1.96. The first-order valence-corrected chi connectivity index (χ1v) is 4.05. The third-order valence-electron chi connectivity index (χ3n) is 1.61. The van der Waals surface area contributed by atoms with Crippen LogP contribution in [0.4, 0.5) is 0 Å². The highest BCUT2D eigenvalue weighted by Crippen LogP contribution is 2.08. The lowest BCUT2D eigenvalue weighted by Crippen LogP contribution is -1.82. The maximum absolute atomic E-state index is 4.23. The van der Waals surface area contributed by atoms with Gasteiger partial charge in [0.1, 0.15) is 0 Å². The number of rotatable bonds is 2. The normalized spacial score (nSPS) is 12.3. The second-order valence-corrected chi connectivity index (χ2v) is 2.59. The molecule has 0 N–H and O–H groups in total. The zero-order valence-electron chi connectivity index (χ0n) is 7.49. The number of hydrogen-bond donors (Lipinski definition) is 0. The van der Waals surface area contributed by atoms with Crippen LogP contribution in [0.3, 0.4) is 0 Å². The summed E-state index contributed by atoms with van der Waals surface area (Å²) in [6, 6.07) is 5.93. The molecular formula is C11H13N. The highest BCUT2D eigenvalue weighted by molar-refractivity contribution is 5.61. The van der Waals surface area contributed by atoms with Gasteiger partial charge in [0.2, 0.25) is 0 Å². The van der Waals surface area contributed by atoms with E-state index in [1.807, 2.05) is 43.5 Å². The molecule has 1 rings (SSSR count). The van der Waals surface area contributed by atoms with Crippen LogP contribution in [0, 0.1) is 0 Å². The maximum atomic E-state index is 4.23. The summed E-state index contributed by atoms with van der Waals surface area (Å²) in [7, 11) is 0. The molecule has 0 atom stereocenters. The Morgan fingerprint density at radius 2 is 2.25 bits per heavy atom. The number of pyridine rings is 1. The molecule has 1 heteroatoms. The lowest BCUT2D eigenvalue weighted by atomic mass is 10.2. The van der Waals surface area contributed by atoms with E-state index >= 15 is 0 Å². The smallest absolute Gasteiger partial charge is 0.0658 e. The van der Waals surface area contributed by atoms with Crippen LogP contribution >= 0.6 is 0 Å². The highest BCUT2D eigenvalue weighted by Gasteiger charge is 1.91. The van der Waals surface area contributed by atoms with Gasteiger partial charge in [-0.15, -0.1) is 0 Å². The van der Waals surface area contributed by atoms with Crippen LogP contribution in [-0.4, -0.2) is 4.98 Å². The van der Waals surface area contributed by atoms with Gasteiger partial charge in [0.05, 0.1) is 5.69 Å². The van der Waals surface area contributed by atoms with Gasteiger partial charge in [0, 0.05) is 6.20 Å². The highest BCUT2D eigenvalue weighted by atomic mass is 14.7. The van der Waals surface area contributed by atoms with Crippen molar-refractivity contribution in [1.82, 2.24) is 4.98 Å². The van der Waals surface area contributed by atoms with E-state index in [2.05, 4.69) is 18.0 Å². The topological polar surface area (TPSA) is 12.9 Å². The molecule has 0 unspecified atom stereocenters. The molecule has 0 aromatic carbocycles. The Bertz CT molecular complexity index is 283. The predicted molar refractivity (Wildman–Crippen MR) is 52.7 cm³/mol. The summed E-state index contributed by atoms with van der Waals surface area (Å²) in [5.41, 5.74) is 2.23. The zero-order valence-corrected chi connectivity index (χ0v) is 7.49. The van der Waals surface area contributed by atoms with Crippen LogP contribution in [0.5, 0.6) is 0 Å². The van der Waals surface area contributed by atoms with Gasteiger partial charge in [-0.05, 0) is 31.6 Å². The average Bonchev–Trinajstić information content (AvgIpc) is 2.15. The van der Waals surface area contributed by atoms with Crippen LogP contribution in [0.1, 0.15) is 19.5 Å². The van der Waals surface area contributed by atoms with E-state index in [-0.39, 0.29) is 0 Å². The van der Waals surface area contributed by atoms with Crippen molar-refractivity contribution >= 4 is 5.57 Å². The quantitative estimate of drug-likeness (QED) is 0.604. The minimum Gasteiger partial charge on any atom is -0.257 e. The van der Waals surface area contributed by atoms with E-state index < -0.39 is 0 Å². The van der Waals surface area contributed by atoms with Gasteiger partial charge in [-0.2, -0.15) is 0 Å². The standard InChI is InChI=1S/C11H13N/c1-3-4-7-10(2)11-8-5-6-9-12-11/h3-9H,1-2H3/b4-3-,10-7+. The molecule has 0 aliphatic carbocycles. The van der Waals surface area contributed by atoms with Crippen molar-refractivity contribution in [3.8, 4) is 0 Å². The van der Waals surface area contributed by atoms with E-state index in [4.69, 9.17) is 0 Å². The van der Waals surface area contributed by atoms with E-state index in [0.717, 1.165) is 5.69 Å². The van der Waals surface area contributed by atoms with E-state index in [9.17, 15) is 0 Å². The van der Waals surface area contributed by atoms with Gasteiger partial charge in [0.25, 0.3) is 0 Å². The van der Waals surface area contributed by atoms with Crippen LogP contribution in [0.15, 0.2) is 42.6 Å². The number of aromatic nitrogens is 1. The van der Waals surface area contributed by atoms with Gasteiger partial charge in [0.15, 0.2) is 0 Å². The Morgan fingerprint density at radius 3 is 2.83 bits per heavy atom. The summed E-state index contributed by atoms with van der Waals surface area (Å²) in [5.74, 6) is 0. The summed E-state index contributed by atoms with van der Waals surface area (Å²) in [4.78, 5) is 4.23. The van der Waals surface area contributed by atoms with Gasteiger partial charge in [-0.1, -0.05) is 24.3 Å². The molecule has 0 amide bonds. The Labute approximate surface area is 73.5 Å². The second kappa shape index (κ2) is 4.50. The Balaban J connectivity index is 2.85. The summed E-state index contributed by atoms with van der Waals surface area (Å²) in [6.45, 7) is 4.06. The zero-order chi connectivity index (χ0) is 8.81. The van der Waals surface area contributed by atoms with Gasteiger partial charge >= 0.3 is 0 Å². The lowest BCUT2D eigenvalue weighted by molar-refractivity contribution is 1.27. The van der Waals surface area contributed by atoms with Crippen LogP contribution < -0.4 is 0 Å². The molecule has 0 aliphatic rings. The Kier molecular flexibility index (Phi) is 3.27. The molecule has 62 valence electrons. The average molecular weight is 159 g/mol. The van der Waals surface area contributed by atoms with E-state index in [0.29, 0.717) is 0 Å². The van der Waals surface area contributed by atoms with Crippen molar-refractivity contribution in [2.75, 3.05) is 0 Å². The fraction of sp³-hybridized carbons (Fsp3) is 0.182. The first-order valence-electron chi connectivity index (χ1n) is 4.05. The van der Waals surface area contributed by atoms with Crippen LogP contribution in [-0.2, 0) is 0 Å². The van der Waals surface area contributed by atoms with Crippen molar-refractivity contribution in [3.05, 3.63) is 48.3 Å². The molecule has 1 aromatic rings. The summed E-state index contributed by atoms with van der Waals surface area (Å²) in [6.07, 6.45) is 7.89. The second-order valence-electron chi connectivity index (χ2n) is 2.59. The first kappa shape index (κ1) is 8.72. The number of allylic oxidation sites excluding steroid dienone is 4. The van der Waals surface area contributed by atoms with Crippen molar-refractivity contribution < 1.29 is 0 Å². The summed E-state index contributed by atoms with van der Waals surface area (Å²) >= 11 is 0. The largest absolute Gasteiger partial charge is 0.257 e. The summed E-state index contributed by atoms with van der Waals surface area (Å²) in [5, 5.41) is 0. The van der Waals surface area contributed by atoms with Crippen molar-refractivity contribution in [2.24, 2.45) is 0 Å². The van der Waals surface area contributed by atoms with Crippen molar-refractivity contribution in [2.45, 2.75) is 13.8 Å². The van der Waals surface area contributed by atoms with Crippen molar-refractivity contribution in [1.29, 1.82) is 0 Å². The molecule has 0 saturated carbocycles. The third-order valence-corrected chi connectivity index (χ3v) is 1.61. The fourth-order valence-electron chi connectivity index (χ4n) is 0.922. The minimum atomic E-state index is 1.04. The molecule has 0 aliphatic heterocycles. The third kappa shape index (κ3) is 2.35. The van der Waals surface area contributed by atoms with Gasteiger partial charge < -0.3 is 0 Å². The first-order chi connectivity index (χ1) is 5.84. The number of nitrogens with zero attached hydrogens (tertiary/aromatic N) is 1. The maximum Gasteiger partial charge on any atom is 0.0658 e. The SMILES string of the molecule is C/C=C\C=C(/C)c1ccccn1. The Hall–Kier alpha value is -1.37. The summed E-state index contributed by atoms with van der Waals surface area (Å²) < 4.78 is 0. The Morgan fingerprint density at radius 1 is 1.42 bits per heavy atom. The van der Waals surface area contributed by atoms with Crippen LogP contribution in [0.25, 0.3) is 5.57 Å². The molecule has 1 heterocycles. The molecule has 0 spiro atoms. The number of hydrogen-bond acceptors (Lipinski definition) is 1. The van der Waals surface area contributed by atoms with Gasteiger partial charge in [-0.25, -0.2) is 0 Å². The van der Waals surface area contributed by atoms with E-state index in [1.54, 1.807) is 0 Å². The van der Waals surface area contributed by atoms with E-state index in [1.165, 1.54) is 5.57 Å².